The summed E-state index contributed by atoms with van der Waals surface area (Å²) in [4.78, 5) is 0. The number of para-hydroxylation sites is 1. The molecule has 0 heterocycles. The van der Waals surface area contributed by atoms with E-state index in [4.69, 9.17) is 10.1 Å². The smallest absolute Gasteiger partial charge is 0.180 e. The van der Waals surface area contributed by atoms with Crippen LogP contribution >= 0.6 is 0 Å². The minimum absolute atomic E-state index is 0.109. The molecule has 0 aliphatic carbocycles. The number of benzene rings is 1. The van der Waals surface area contributed by atoms with Gasteiger partial charge in [-0.15, -0.1) is 0 Å². The standard InChI is InChI=1S/C11H15NO3/c1-2-15-10(12)7-6-8-4-3-5-9(13)11(8)14/h3-5,12-14H,2,6-7H2,1H3. The molecule has 0 atom stereocenters. The highest BCUT2D eigenvalue weighted by Gasteiger charge is 2.06. The first kappa shape index (κ1) is 11.4. The average molecular weight is 209 g/mol. The Morgan fingerprint density at radius 1 is 1.40 bits per heavy atom. The van der Waals surface area contributed by atoms with E-state index in [1.165, 1.54) is 6.07 Å². The third-order valence-corrected chi connectivity index (χ3v) is 2.04. The Kier molecular flexibility index (Phi) is 3.97. The normalized spacial score (nSPS) is 9.93. The van der Waals surface area contributed by atoms with Gasteiger partial charge in [-0.2, -0.15) is 0 Å². The van der Waals surface area contributed by atoms with Crippen molar-refractivity contribution in [2.75, 3.05) is 6.61 Å². The van der Waals surface area contributed by atoms with Gasteiger partial charge in [0.2, 0.25) is 0 Å². The lowest BCUT2D eigenvalue weighted by molar-refractivity contribution is 0.313. The van der Waals surface area contributed by atoms with E-state index in [0.717, 1.165) is 0 Å². The first-order valence-electron chi connectivity index (χ1n) is 4.85. The molecule has 0 fully saturated rings. The lowest BCUT2D eigenvalue weighted by Gasteiger charge is -2.07. The molecule has 15 heavy (non-hydrogen) atoms. The summed E-state index contributed by atoms with van der Waals surface area (Å²) in [5, 5.41) is 26.1. The predicted molar refractivity (Wildman–Crippen MR) is 57.4 cm³/mol. The summed E-state index contributed by atoms with van der Waals surface area (Å²) in [5.41, 5.74) is 0.624. The first-order valence-corrected chi connectivity index (χ1v) is 4.85. The maximum absolute atomic E-state index is 9.48. The van der Waals surface area contributed by atoms with Gasteiger partial charge in [0.25, 0.3) is 0 Å². The van der Waals surface area contributed by atoms with E-state index in [-0.39, 0.29) is 17.4 Å². The van der Waals surface area contributed by atoms with Gasteiger partial charge >= 0.3 is 0 Å². The fraction of sp³-hybridized carbons (Fsp3) is 0.364. The molecule has 4 nitrogen and oxygen atoms in total. The van der Waals surface area contributed by atoms with Crippen LogP contribution < -0.4 is 0 Å². The molecule has 1 aromatic carbocycles. The molecule has 0 saturated carbocycles. The number of rotatable bonds is 4. The molecule has 0 aromatic heterocycles. The average Bonchev–Trinajstić information content (AvgIpc) is 2.21. The summed E-state index contributed by atoms with van der Waals surface area (Å²) < 4.78 is 4.97. The van der Waals surface area contributed by atoms with Crippen molar-refractivity contribution in [1.29, 1.82) is 5.41 Å². The van der Waals surface area contributed by atoms with Crippen LogP contribution in [0.15, 0.2) is 18.2 Å². The van der Waals surface area contributed by atoms with Gasteiger partial charge in [0.05, 0.1) is 6.61 Å². The van der Waals surface area contributed by atoms with Crippen LogP contribution in [0.25, 0.3) is 0 Å². The molecule has 0 unspecified atom stereocenters. The van der Waals surface area contributed by atoms with Crippen molar-refractivity contribution >= 4 is 5.90 Å². The third-order valence-electron chi connectivity index (χ3n) is 2.04. The number of hydrogen-bond acceptors (Lipinski definition) is 4. The number of aryl methyl sites for hydroxylation is 1. The molecule has 0 spiro atoms. The van der Waals surface area contributed by atoms with Crippen LogP contribution in [0.1, 0.15) is 18.9 Å². The molecule has 0 aliphatic rings. The Morgan fingerprint density at radius 3 is 2.80 bits per heavy atom. The molecule has 0 radical (unpaired) electrons. The fourth-order valence-electron chi connectivity index (χ4n) is 1.27. The fourth-order valence-corrected chi connectivity index (χ4v) is 1.27. The second-order valence-corrected chi connectivity index (χ2v) is 3.14. The van der Waals surface area contributed by atoms with E-state index < -0.39 is 0 Å². The van der Waals surface area contributed by atoms with Gasteiger partial charge in [-0.1, -0.05) is 12.1 Å². The minimum Gasteiger partial charge on any atom is -0.504 e. The van der Waals surface area contributed by atoms with Crippen LogP contribution in [0.5, 0.6) is 11.5 Å². The zero-order valence-electron chi connectivity index (χ0n) is 8.66. The van der Waals surface area contributed by atoms with Crippen molar-refractivity contribution in [3.8, 4) is 11.5 Å². The zero-order chi connectivity index (χ0) is 11.3. The van der Waals surface area contributed by atoms with E-state index in [1.807, 2.05) is 6.92 Å². The Hall–Kier alpha value is -1.71. The lowest BCUT2D eigenvalue weighted by atomic mass is 10.1. The largest absolute Gasteiger partial charge is 0.504 e. The topological polar surface area (TPSA) is 73.5 Å². The molecule has 82 valence electrons. The van der Waals surface area contributed by atoms with Gasteiger partial charge in [-0.25, -0.2) is 0 Å². The number of hydrogen-bond donors (Lipinski definition) is 3. The van der Waals surface area contributed by atoms with E-state index in [0.29, 0.717) is 25.0 Å². The summed E-state index contributed by atoms with van der Waals surface area (Å²) in [7, 11) is 0. The van der Waals surface area contributed by atoms with E-state index in [1.54, 1.807) is 12.1 Å². The Balaban J connectivity index is 2.58. The molecule has 0 bridgehead atoms. The maximum Gasteiger partial charge on any atom is 0.180 e. The highest BCUT2D eigenvalue weighted by molar-refractivity contribution is 5.73. The molecule has 0 amide bonds. The molecular formula is C11H15NO3. The molecule has 1 rings (SSSR count). The summed E-state index contributed by atoms with van der Waals surface area (Å²) in [6, 6.07) is 4.80. The highest BCUT2D eigenvalue weighted by atomic mass is 16.5. The third kappa shape index (κ3) is 3.16. The van der Waals surface area contributed by atoms with Gasteiger partial charge in [0.1, 0.15) is 0 Å². The lowest BCUT2D eigenvalue weighted by Crippen LogP contribution is -2.04. The molecular weight excluding hydrogens is 194 g/mol. The molecule has 0 saturated heterocycles. The minimum atomic E-state index is -0.129. The molecule has 3 N–H and O–H groups in total. The zero-order valence-corrected chi connectivity index (χ0v) is 8.66. The Labute approximate surface area is 88.6 Å². The highest BCUT2D eigenvalue weighted by Crippen LogP contribution is 2.28. The molecule has 1 aromatic rings. The SMILES string of the molecule is CCOC(=N)CCc1cccc(O)c1O. The van der Waals surface area contributed by atoms with Crippen molar-refractivity contribution in [2.24, 2.45) is 0 Å². The predicted octanol–water partition coefficient (Wildman–Crippen LogP) is 2.04. The van der Waals surface area contributed by atoms with Gasteiger partial charge in [0.15, 0.2) is 17.4 Å². The van der Waals surface area contributed by atoms with Crippen LogP contribution in [0, 0.1) is 5.41 Å². The molecule has 0 aliphatic heterocycles. The van der Waals surface area contributed by atoms with Crippen molar-refractivity contribution in [3.05, 3.63) is 23.8 Å². The number of nitrogens with one attached hydrogen (secondary N) is 1. The van der Waals surface area contributed by atoms with Crippen molar-refractivity contribution in [1.82, 2.24) is 0 Å². The van der Waals surface area contributed by atoms with E-state index in [2.05, 4.69) is 0 Å². The van der Waals surface area contributed by atoms with Crippen molar-refractivity contribution in [2.45, 2.75) is 19.8 Å². The van der Waals surface area contributed by atoms with Crippen LogP contribution in [0.3, 0.4) is 0 Å². The van der Waals surface area contributed by atoms with Crippen LogP contribution in [0.2, 0.25) is 0 Å². The monoisotopic (exact) mass is 209 g/mol. The van der Waals surface area contributed by atoms with Gasteiger partial charge in [-0.3, -0.25) is 5.41 Å². The second-order valence-electron chi connectivity index (χ2n) is 3.14. The van der Waals surface area contributed by atoms with Gasteiger partial charge < -0.3 is 14.9 Å². The van der Waals surface area contributed by atoms with E-state index >= 15 is 0 Å². The van der Waals surface area contributed by atoms with Crippen molar-refractivity contribution < 1.29 is 14.9 Å². The van der Waals surface area contributed by atoms with Crippen LogP contribution in [-0.4, -0.2) is 22.7 Å². The van der Waals surface area contributed by atoms with Crippen molar-refractivity contribution in [3.63, 3.8) is 0 Å². The summed E-state index contributed by atoms with van der Waals surface area (Å²) in [6.07, 6.45) is 0.907. The number of phenols is 2. The molecule has 4 heteroatoms. The summed E-state index contributed by atoms with van der Waals surface area (Å²) in [6.45, 7) is 2.30. The Bertz CT molecular complexity index is 350. The maximum atomic E-state index is 9.48. The van der Waals surface area contributed by atoms with E-state index in [9.17, 15) is 10.2 Å². The number of aromatic hydroxyl groups is 2. The Morgan fingerprint density at radius 2 is 2.13 bits per heavy atom. The first-order chi connectivity index (χ1) is 7.15. The second kappa shape index (κ2) is 5.24. The van der Waals surface area contributed by atoms with Crippen LogP contribution in [0.4, 0.5) is 0 Å². The number of phenolic OH excluding ortho intramolecular Hbond substituents is 2. The number of ether oxygens (including phenoxy) is 1. The summed E-state index contributed by atoms with van der Waals surface area (Å²) >= 11 is 0. The van der Waals surface area contributed by atoms with Crippen LogP contribution in [-0.2, 0) is 11.2 Å². The van der Waals surface area contributed by atoms with Gasteiger partial charge in [-0.05, 0) is 25.0 Å². The van der Waals surface area contributed by atoms with Gasteiger partial charge in [0, 0.05) is 6.42 Å². The quantitative estimate of drug-likeness (QED) is 0.403. The summed E-state index contributed by atoms with van der Waals surface area (Å²) in [5.74, 6) is -0.0440.